The number of H-pyrrole nitrogens is 1. The first-order valence-electron chi connectivity index (χ1n) is 9.60. The Balaban J connectivity index is 1.68. The Morgan fingerprint density at radius 2 is 2.00 bits per heavy atom. The molecule has 1 amide bonds. The average Bonchev–Trinajstić information content (AvgIpc) is 3.13. The number of aromatic amines is 1. The quantitative estimate of drug-likeness (QED) is 0.663. The van der Waals surface area contributed by atoms with Crippen molar-refractivity contribution in [3.63, 3.8) is 0 Å². The van der Waals surface area contributed by atoms with Crippen molar-refractivity contribution in [2.75, 3.05) is 25.2 Å². The van der Waals surface area contributed by atoms with Crippen LogP contribution in [0, 0.1) is 0 Å². The molecule has 0 spiro atoms. The molecule has 1 aliphatic heterocycles. The lowest BCUT2D eigenvalue weighted by atomic mass is 10.0. The van der Waals surface area contributed by atoms with Crippen LogP contribution in [0.1, 0.15) is 29.4 Å². The van der Waals surface area contributed by atoms with Gasteiger partial charge < -0.3 is 14.4 Å². The Bertz CT molecular complexity index is 1060. The molecule has 156 valence electrons. The number of amides is 1. The summed E-state index contributed by atoms with van der Waals surface area (Å²) in [6.07, 6.45) is -0.316. The van der Waals surface area contributed by atoms with E-state index in [0.717, 1.165) is 5.56 Å². The molecule has 30 heavy (non-hydrogen) atoms. The van der Waals surface area contributed by atoms with Crippen LogP contribution in [0.3, 0.4) is 0 Å². The summed E-state index contributed by atoms with van der Waals surface area (Å²) in [6.45, 7) is 1.86. The fourth-order valence-corrected chi connectivity index (χ4v) is 3.39. The number of carbonyl (C=O) groups excluding carboxylic acids is 1. The van der Waals surface area contributed by atoms with Crippen LogP contribution in [-0.2, 0) is 5.92 Å². The Hall–Kier alpha value is -3.42. The molecule has 3 aromatic rings. The molecule has 2 aromatic carbocycles. The summed E-state index contributed by atoms with van der Waals surface area (Å²) in [7, 11) is 1.58. The normalized spacial score (nSPS) is 14.1. The van der Waals surface area contributed by atoms with Gasteiger partial charge in [0.25, 0.3) is 11.8 Å². The van der Waals surface area contributed by atoms with Gasteiger partial charge in [-0.25, -0.2) is 8.78 Å². The second-order valence-corrected chi connectivity index (χ2v) is 6.92. The number of anilines is 1. The molecule has 0 fully saturated rings. The summed E-state index contributed by atoms with van der Waals surface area (Å²) in [6, 6.07) is 13.1. The molecule has 1 aliphatic rings. The lowest BCUT2D eigenvalue weighted by Gasteiger charge is -2.22. The maximum atomic E-state index is 14.1. The standard InChI is InChI=1S/C22H21F2N3O3/c1-3-22(23,24)15-5-4-6-16(13-15)27-11-12-30-20-18(25-26-19(20)21(27)28)14-7-9-17(29-2)10-8-14/h4-10,13H,3,11-12H2,1-2H3,(H,25,26). The van der Waals surface area contributed by atoms with Crippen molar-refractivity contribution in [1.29, 1.82) is 0 Å². The maximum Gasteiger partial charge on any atom is 0.280 e. The maximum absolute atomic E-state index is 14.1. The molecular weight excluding hydrogens is 392 g/mol. The third kappa shape index (κ3) is 3.49. The minimum absolute atomic E-state index is 0.121. The first-order chi connectivity index (χ1) is 14.4. The highest BCUT2D eigenvalue weighted by molar-refractivity contribution is 6.08. The van der Waals surface area contributed by atoms with Crippen LogP contribution in [0.5, 0.6) is 11.5 Å². The van der Waals surface area contributed by atoms with Gasteiger partial charge in [0, 0.05) is 23.2 Å². The van der Waals surface area contributed by atoms with Gasteiger partial charge >= 0.3 is 0 Å². The fourth-order valence-electron chi connectivity index (χ4n) is 3.39. The monoisotopic (exact) mass is 413 g/mol. The van der Waals surface area contributed by atoms with Crippen molar-refractivity contribution in [2.45, 2.75) is 19.3 Å². The summed E-state index contributed by atoms with van der Waals surface area (Å²) < 4.78 is 39.3. The number of benzene rings is 2. The molecule has 1 aromatic heterocycles. The number of alkyl halides is 2. The molecule has 8 heteroatoms. The number of halogens is 2. The van der Waals surface area contributed by atoms with Gasteiger partial charge in [-0.1, -0.05) is 19.1 Å². The zero-order valence-electron chi connectivity index (χ0n) is 16.6. The number of fused-ring (bicyclic) bond motifs is 1. The Kier molecular flexibility index (Phi) is 5.15. The van der Waals surface area contributed by atoms with E-state index in [-0.39, 0.29) is 36.7 Å². The van der Waals surface area contributed by atoms with E-state index in [1.54, 1.807) is 25.3 Å². The number of hydrogen-bond acceptors (Lipinski definition) is 4. The molecule has 0 saturated heterocycles. The molecular formula is C22H21F2N3O3. The lowest BCUT2D eigenvalue weighted by molar-refractivity contribution is -0.00826. The third-order valence-electron chi connectivity index (χ3n) is 5.13. The van der Waals surface area contributed by atoms with Crippen molar-refractivity contribution >= 4 is 11.6 Å². The molecule has 0 saturated carbocycles. The first kappa shape index (κ1) is 19.9. The highest BCUT2D eigenvalue weighted by atomic mass is 19.3. The topological polar surface area (TPSA) is 67.5 Å². The van der Waals surface area contributed by atoms with Crippen LogP contribution in [0.15, 0.2) is 48.5 Å². The van der Waals surface area contributed by atoms with E-state index in [0.29, 0.717) is 22.9 Å². The van der Waals surface area contributed by atoms with E-state index in [4.69, 9.17) is 9.47 Å². The van der Waals surface area contributed by atoms with Gasteiger partial charge in [0.15, 0.2) is 11.4 Å². The van der Waals surface area contributed by atoms with Crippen molar-refractivity contribution in [3.8, 4) is 22.8 Å². The number of carbonyl (C=O) groups is 1. The molecule has 1 N–H and O–H groups in total. The molecule has 0 atom stereocenters. The van der Waals surface area contributed by atoms with E-state index in [1.807, 2.05) is 12.1 Å². The Labute approximate surface area is 172 Å². The number of nitrogens with one attached hydrogen (secondary N) is 1. The van der Waals surface area contributed by atoms with E-state index in [2.05, 4.69) is 10.2 Å². The van der Waals surface area contributed by atoms with Gasteiger partial charge in [-0.2, -0.15) is 5.10 Å². The van der Waals surface area contributed by atoms with Crippen molar-refractivity contribution < 1.29 is 23.0 Å². The van der Waals surface area contributed by atoms with Crippen LogP contribution in [0.25, 0.3) is 11.3 Å². The zero-order valence-corrected chi connectivity index (χ0v) is 16.6. The second-order valence-electron chi connectivity index (χ2n) is 6.92. The highest BCUT2D eigenvalue weighted by Crippen LogP contribution is 2.37. The molecule has 0 aliphatic carbocycles. The lowest BCUT2D eigenvalue weighted by Crippen LogP contribution is -2.33. The number of rotatable bonds is 5. The second kappa shape index (κ2) is 7.78. The summed E-state index contributed by atoms with van der Waals surface area (Å²) in [5.74, 6) is -2.29. The summed E-state index contributed by atoms with van der Waals surface area (Å²) in [5.41, 5.74) is 1.73. The van der Waals surface area contributed by atoms with E-state index in [1.165, 1.54) is 30.0 Å². The van der Waals surface area contributed by atoms with Gasteiger partial charge in [-0.3, -0.25) is 9.89 Å². The Morgan fingerprint density at radius 3 is 2.70 bits per heavy atom. The van der Waals surface area contributed by atoms with Crippen LogP contribution < -0.4 is 14.4 Å². The van der Waals surface area contributed by atoms with Gasteiger partial charge in [0.1, 0.15) is 18.1 Å². The number of hydrogen-bond donors (Lipinski definition) is 1. The molecule has 0 bridgehead atoms. The number of nitrogens with zero attached hydrogens (tertiary/aromatic N) is 2. The fraction of sp³-hybridized carbons (Fsp3) is 0.273. The van der Waals surface area contributed by atoms with Gasteiger partial charge in [-0.15, -0.1) is 0 Å². The Morgan fingerprint density at radius 1 is 1.23 bits per heavy atom. The minimum Gasteiger partial charge on any atom is -0.497 e. The van der Waals surface area contributed by atoms with Gasteiger partial charge in [0.2, 0.25) is 0 Å². The predicted octanol–water partition coefficient (Wildman–Crippen LogP) is 4.63. The number of aromatic nitrogens is 2. The van der Waals surface area contributed by atoms with E-state index < -0.39 is 5.92 Å². The molecule has 6 nitrogen and oxygen atoms in total. The third-order valence-corrected chi connectivity index (χ3v) is 5.13. The van der Waals surface area contributed by atoms with E-state index in [9.17, 15) is 13.6 Å². The average molecular weight is 413 g/mol. The SMILES string of the molecule is CCC(F)(F)c1cccc(N2CCOc3c(-c4ccc(OC)cc4)n[nH]c3C2=O)c1. The van der Waals surface area contributed by atoms with Crippen LogP contribution in [-0.4, -0.2) is 36.4 Å². The zero-order chi connectivity index (χ0) is 21.3. The summed E-state index contributed by atoms with van der Waals surface area (Å²) >= 11 is 0. The molecule has 0 radical (unpaired) electrons. The van der Waals surface area contributed by atoms with Gasteiger partial charge in [-0.05, 0) is 36.4 Å². The van der Waals surface area contributed by atoms with Crippen LogP contribution in [0.4, 0.5) is 14.5 Å². The van der Waals surface area contributed by atoms with Gasteiger partial charge in [0.05, 0.1) is 13.7 Å². The van der Waals surface area contributed by atoms with Crippen molar-refractivity contribution in [3.05, 3.63) is 59.8 Å². The van der Waals surface area contributed by atoms with Crippen molar-refractivity contribution in [1.82, 2.24) is 10.2 Å². The largest absolute Gasteiger partial charge is 0.497 e. The smallest absolute Gasteiger partial charge is 0.280 e. The summed E-state index contributed by atoms with van der Waals surface area (Å²) in [5, 5.41) is 7.01. The van der Waals surface area contributed by atoms with Crippen molar-refractivity contribution in [2.24, 2.45) is 0 Å². The summed E-state index contributed by atoms with van der Waals surface area (Å²) in [4.78, 5) is 14.6. The number of methoxy groups -OCH3 is 1. The van der Waals surface area contributed by atoms with Crippen LogP contribution >= 0.6 is 0 Å². The first-order valence-corrected chi connectivity index (χ1v) is 9.60. The highest BCUT2D eigenvalue weighted by Gasteiger charge is 2.32. The molecule has 2 heterocycles. The van der Waals surface area contributed by atoms with Crippen LogP contribution in [0.2, 0.25) is 0 Å². The van der Waals surface area contributed by atoms with E-state index >= 15 is 0 Å². The minimum atomic E-state index is -2.96. The number of ether oxygens (including phenoxy) is 2. The molecule has 0 unspecified atom stereocenters. The predicted molar refractivity (Wildman–Crippen MR) is 108 cm³/mol. The molecule has 4 rings (SSSR count).